The van der Waals surface area contributed by atoms with Gasteiger partial charge in [-0.2, -0.15) is 0 Å². The third-order valence-corrected chi connectivity index (χ3v) is 3.02. The van der Waals surface area contributed by atoms with E-state index < -0.39 is 6.04 Å². The topological polar surface area (TPSA) is 108 Å². The first-order valence-corrected chi connectivity index (χ1v) is 6.49. The fourth-order valence-electron chi connectivity index (χ4n) is 1.87. The monoisotopic (exact) mass is 287 g/mol. The summed E-state index contributed by atoms with van der Waals surface area (Å²) in [5.41, 5.74) is 7.39. The zero-order chi connectivity index (χ0) is 15.2. The van der Waals surface area contributed by atoms with E-state index in [9.17, 15) is 15.0 Å². The average Bonchev–Trinajstić information content (AvgIpc) is 2.49. The maximum absolute atomic E-state index is 11.9. The van der Waals surface area contributed by atoms with Gasteiger partial charge in [-0.15, -0.1) is 0 Å². The molecule has 6 nitrogen and oxygen atoms in total. The number of carbonyl (C=O) groups excluding carboxylic acids is 1. The smallest absolute Gasteiger partial charge is 0.237 e. The summed E-state index contributed by atoms with van der Waals surface area (Å²) < 4.78 is 0. The van der Waals surface area contributed by atoms with E-state index in [2.05, 4.69) is 10.3 Å². The number of hydrogen-bond donors (Lipinski definition) is 4. The minimum absolute atomic E-state index is 0.201. The fraction of sp³-hybridized carbons (Fsp3) is 0.200. The van der Waals surface area contributed by atoms with Crippen LogP contribution in [-0.2, 0) is 17.8 Å². The Bertz CT molecular complexity index is 617. The lowest BCUT2D eigenvalue weighted by Gasteiger charge is -2.12. The Hall–Kier alpha value is -2.60. The Morgan fingerprint density at radius 2 is 2.05 bits per heavy atom. The second-order valence-corrected chi connectivity index (χ2v) is 4.71. The second-order valence-electron chi connectivity index (χ2n) is 4.71. The standard InChI is InChI=1S/C15H17N3O3/c16-12(6-10-3-4-13(19)14(20)7-10)15(21)18-9-11-2-1-5-17-8-11/h1-5,7-8,12,19-20H,6,9,16H2,(H,18,21)/t12-/m0/s1. The molecule has 110 valence electrons. The van der Waals surface area contributed by atoms with Crippen molar-refractivity contribution in [2.45, 2.75) is 19.0 Å². The van der Waals surface area contributed by atoms with Crippen LogP contribution in [0.15, 0.2) is 42.7 Å². The van der Waals surface area contributed by atoms with E-state index in [-0.39, 0.29) is 23.8 Å². The molecule has 0 unspecified atom stereocenters. The van der Waals surface area contributed by atoms with Gasteiger partial charge in [0.05, 0.1) is 6.04 Å². The Balaban J connectivity index is 1.88. The molecular weight excluding hydrogens is 270 g/mol. The normalized spacial score (nSPS) is 11.9. The molecule has 0 aliphatic carbocycles. The van der Waals surface area contributed by atoms with Gasteiger partial charge in [-0.3, -0.25) is 9.78 Å². The van der Waals surface area contributed by atoms with Crippen LogP contribution in [0.5, 0.6) is 11.5 Å². The number of phenolic OH excluding ortho intramolecular Hbond substituents is 2. The molecule has 2 rings (SSSR count). The van der Waals surface area contributed by atoms with Crippen LogP contribution in [0.1, 0.15) is 11.1 Å². The summed E-state index contributed by atoms with van der Waals surface area (Å²) in [6.45, 7) is 0.362. The minimum Gasteiger partial charge on any atom is -0.504 e. The van der Waals surface area contributed by atoms with Gasteiger partial charge in [0.1, 0.15) is 0 Å². The molecule has 6 heteroatoms. The van der Waals surface area contributed by atoms with Gasteiger partial charge >= 0.3 is 0 Å². The van der Waals surface area contributed by atoms with Crippen LogP contribution >= 0.6 is 0 Å². The number of carbonyl (C=O) groups is 1. The number of benzene rings is 1. The molecule has 21 heavy (non-hydrogen) atoms. The number of amides is 1. The van der Waals surface area contributed by atoms with Crippen molar-refractivity contribution in [1.29, 1.82) is 0 Å². The molecule has 0 aliphatic heterocycles. The van der Waals surface area contributed by atoms with E-state index in [1.165, 1.54) is 12.1 Å². The number of pyridine rings is 1. The summed E-state index contributed by atoms with van der Waals surface area (Å²) in [5.74, 6) is -0.713. The summed E-state index contributed by atoms with van der Waals surface area (Å²) in [5, 5.41) is 21.4. The highest BCUT2D eigenvalue weighted by Crippen LogP contribution is 2.25. The lowest BCUT2D eigenvalue weighted by atomic mass is 10.1. The van der Waals surface area contributed by atoms with E-state index in [0.29, 0.717) is 12.1 Å². The average molecular weight is 287 g/mol. The first-order chi connectivity index (χ1) is 10.1. The van der Waals surface area contributed by atoms with Gasteiger partial charge < -0.3 is 21.3 Å². The highest BCUT2D eigenvalue weighted by molar-refractivity contribution is 5.81. The van der Waals surface area contributed by atoms with Crippen molar-refractivity contribution >= 4 is 5.91 Å². The van der Waals surface area contributed by atoms with Crippen molar-refractivity contribution in [3.63, 3.8) is 0 Å². The van der Waals surface area contributed by atoms with Crippen LogP contribution in [-0.4, -0.2) is 27.1 Å². The number of rotatable bonds is 5. The van der Waals surface area contributed by atoms with Gasteiger partial charge in [0.2, 0.25) is 5.91 Å². The number of aromatic nitrogens is 1. The molecule has 2 aromatic rings. The lowest BCUT2D eigenvalue weighted by Crippen LogP contribution is -2.41. The number of aromatic hydroxyl groups is 2. The first kappa shape index (κ1) is 14.8. The Labute approximate surface area is 122 Å². The largest absolute Gasteiger partial charge is 0.504 e. The van der Waals surface area contributed by atoms with E-state index in [1.54, 1.807) is 24.5 Å². The van der Waals surface area contributed by atoms with E-state index in [1.807, 2.05) is 6.07 Å². The molecule has 5 N–H and O–H groups in total. The Morgan fingerprint density at radius 3 is 2.71 bits per heavy atom. The predicted molar refractivity (Wildman–Crippen MR) is 77.5 cm³/mol. The summed E-state index contributed by atoms with van der Waals surface area (Å²) in [6.07, 6.45) is 3.60. The first-order valence-electron chi connectivity index (χ1n) is 6.49. The van der Waals surface area contributed by atoms with Crippen molar-refractivity contribution in [1.82, 2.24) is 10.3 Å². The van der Waals surface area contributed by atoms with E-state index in [4.69, 9.17) is 5.73 Å². The number of hydrogen-bond acceptors (Lipinski definition) is 5. The minimum atomic E-state index is -0.731. The van der Waals surface area contributed by atoms with Gasteiger partial charge in [-0.25, -0.2) is 0 Å². The third kappa shape index (κ3) is 4.19. The summed E-state index contributed by atoms with van der Waals surface area (Å²) in [6, 6.07) is 7.29. The molecule has 1 amide bonds. The van der Waals surface area contributed by atoms with Crippen molar-refractivity contribution in [3.8, 4) is 11.5 Å². The van der Waals surface area contributed by atoms with Crippen LogP contribution in [0.4, 0.5) is 0 Å². The molecule has 1 aromatic heterocycles. The molecule has 0 spiro atoms. The molecule has 1 atom stereocenters. The molecule has 1 aromatic carbocycles. The molecule has 0 saturated carbocycles. The van der Waals surface area contributed by atoms with Gasteiger partial charge in [0, 0.05) is 18.9 Å². The fourth-order valence-corrected chi connectivity index (χ4v) is 1.87. The van der Waals surface area contributed by atoms with Crippen LogP contribution in [0.3, 0.4) is 0 Å². The second kappa shape index (κ2) is 6.71. The zero-order valence-electron chi connectivity index (χ0n) is 11.4. The molecule has 0 bridgehead atoms. The molecule has 1 heterocycles. The van der Waals surface area contributed by atoms with Gasteiger partial charge in [0.25, 0.3) is 0 Å². The van der Waals surface area contributed by atoms with Gasteiger partial charge in [0.15, 0.2) is 11.5 Å². The number of phenols is 2. The number of nitrogens with zero attached hydrogens (tertiary/aromatic N) is 1. The highest BCUT2D eigenvalue weighted by Gasteiger charge is 2.14. The zero-order valence-corrected chi connectivity index (χ0v) is 11.4. The van der Waals surface area contributed by atoms with Crippen molar-refractivity contribution in [2.75, 3.05) is 0 Å². The Kier molecular flexibility index (Phi) is 4.73. The van der Waals surface area contributed by atoms with Gasteiger partial charge in [-0.05, 0) is 35.7 Å². The van der Waals surface area contributed by atoms with Crippen molar-refractivity contribution in [3.05, 3.63) is 53.9 Å². The van der Waals surface area contributed by atoms with Crippen LogP contribution in [0.2, 0.25) is 0 Å². The van der Waals surface area contributed by atoms with Gasteiger partial charge in [-0.1, -0.05) is 12.1 Å². The molecule has 0 fully saturated rings. The maximum atomic E-state index is 11.9. The number of nitrogens with one attached hydrogen (secondary N) is 1. The summed E-state index contributed by atoms with van der Waals surface area (Å²) >= 11 is 0. The summed E-state index contributed by atoms with van der Waals surface area (Å²) in [7, 11) is 0. The molecule has 0 aliphatic rings. The quantitative estimate of drug-likeness (QED) is 0.605. The van der Waals surface area contributed by atoms with Crippen molar-refractivity contribution < 1.29 is 15.0 Å². The highest BCUT2D eigenvalue weighted by atomic mass is 16.3. The Morgan fingerprint density at radius 1 is 1.24 bits per heavy atom. The van der Waals surface area contributed by atoms with Crippen LogP contribution in [0.25, 0.3) is 0 Å². The summed E-state index contributed by atoms with van der Waals surface area (Å²) in [4.78, 5) is 15.9. The molecular formula is C15H17N3O3. The molecule has 0 radical (unpaired) electrons. The van der Waals surface area contributed by atoms with Crippen LogP contribution in [0, 0.1) is 0 Å². The lowest BCUT2D eigenvalue weighted by molar-refractivity contribution is -0.122. The van der Waals surface area contributed by atoms with E-state index >= 15 is 0 Å². The maximum Gasteiger partial charge on any atom is 0.237 e. The molecule has 0 saturated heterocycles. The third-order valence-electron chi connectivity index (χ3n) is 3.02. The number of nitrogens with two attached hydrogens (primary N) is 1. The van der Waals surface area contributed by atoms with Crippen molar-refractivity contribution in [2.24, 2.45) is 5.73 Å². The van der Waals surface area contributed by atoms with E-state index in [0.717, 1.165) is 5.56 Å². The van der Waals surface area contributed by atoms with Crippen LogP contribution < -0.4 is 11.1 Å². The predicted octanol–water partition coefficient (Wildman–Crippen LogP) is 0.679. The SMILES string of the molecule is N[C@@H](Cc1ccc(O)c(O)c1)C(=O)NCc1cccnc1.